The molecule has 2 rings (SSSR count). The maximum atomic E-state index is 12.0. The van der Waals surface area contributed by atoms with Crippen molar-refractivity contribution < 1.29 is 9.59 Å². The van der Waals surface area contributed by atoms with Crippen LogP contribution in [0.25, 0.3) is 0 Å². The number of nitrogens with zero attached hydrogens (tertiary/aromatic N) is 1. The highest BCUT2D eigenvalue weighted by Gasteiger charge is 2.07. The Morgan fingerprint density at radius 3 is 2.19 bits per heavy atom. The maximum Gasteiger partial charge on any atom is 0.224 e. The van der Waals surface area contributed by atoms with Crippen molar-refractivity contribution >= 4 is 28.9 Å². The number of benzene rings is 2. The van der Waals surface area contributed by atoms with Crippen LogP contribution in [0.2, 0.25) is 0 Å². The highest BCUT2D eigenvalue weighted by molar-refractivity contribution is 5.94. The van der Waals surface area contributed by atoms with E-state index < -0.39 is 0 Å². The predicted octanol–water partition coefficient (Wildman–Crippen LogP) is 3.98. The van der Waals surface area contributed by atoms with Gasteiger partial charge in [-0.3, -0.25) is 9.59 Å². The van der Waals surface area contributed by atoms with Gasteiger partial charge in [-0.1, -0.05) is 24.1 Å². The molecule has 2 aromatic carbocycles. The normalized spacial score (nSPS) is 10.1. The number of hydrogen-bond acceptors (Lipinski definition) is 4. The molecule has 0 aliphatic carbocycles. The zero-order valence-corrected chi connectivity index (χ0v) is 15.4. The molecule has 0 saturated heterocycles. The van der Waals surface area contributed by atoms with Gasteiger partial charge in [-0.2, -0.15) is 5.26 Å². The number of nitrogens with one attached hydrogen (secondary N) is 2. The van der Waals surface area contributed by atoms with Crippen LogP contribution < -0.4 is 16.4 Å². The van der Waals surface area contributed by atoms with Crippen LogP contribution in [0.3, 0.4) is 0 Å². The van der Waals surface area contributed by atoms with Crippen LogP contribution in [0.5, 0.6) is 0 Å². The minimum Gasteiger partial charge on any atom is -0.397 e. The van der Waals surface area contributed by atoms with Crippen LogP contribution >= 0.6 is 0 Å². The summed E-state index contributed by atoms with van der Waals surface area (Å²) in [7, 11) is 0. The highest BCUT2D eigenvalue weighted by Crippen LogP contribution is 2.20. The van der Waals surface area contributed by atoms with Crippen molar-refractivity contribution in [3.63, 3.8) is 0 Å². The number of nitrogen functional groups attached to an aromatic ring is 1. The number of unbranched alkanes of at least 4 members (excludes halogenated alkanes) is 2. The van der Waals surface area contributed by atoms with Gasteiger partial charge in [0.15, 0.2) is 0 Å². The van der Waals surface area contributed by atoms with E-state index in [2.05, 4.69) is 10.6 Å². The van der Waals surface area contributed by atoms with Crippen molar-refractivity contribution in [2.24, 2.45) is 0 Å². The molecule has 0 radical (unpaired) electrons. The van der Waals surface area contributed by atoms with E-state index in [9.17, 15) is 9.59 Å². The Labute approximate surface area is 159 Å². The van der Waals surface area contributed by atoms with E-state index >= 15 is 0 Å². The van der Waals surface area contributed by atoms with Gasteiger partial charge >= 0.3 is 0 Å². The highest BCUT2D eigenvalue weighted by atomic mass is 16.2. The summed E-state index contributed by atoms with van der Waals surface area (Å²) < 4.78 is 0. The third-order valence-electron chi connectivity index (χ3n) is 4.10. The number of carbonyl (C=O) groups excluding carboxylic acids is 2. The standard InChI is InChI=1S/C21H24N4O2/c1-15-7-10-17(11-8-15)24-20(26)5-3-2-4-6-21(27)25-19-12-9-16(14-22)13-18(19)23/h7-13H,2-6,23H2,1H3,(H,24,26)(H,25,27). The third kappa shape index (κ3) is 6.83. The number of carbonyl (C=O) groups is 2. The lowest BCUT2D eigenvalue weighted by atomic mass is 10.1. The molecule has 0 aliphatic rings. The number of hydrogen-bond donors (Lipinski definition) is 3. The second-order valence-electron chi connectivity index (χ2n) is 6.44. The third-order valence-corrected chi connectivity index (χ3v) is 4.10. The molecule has 0 saturated carbocycles. The first-order valence-corrected chi connectivity index (χ1v) is 8.94. The Hall–Kier alpha value is -3.33. The summed E-state index contributed by atoms with van der Waals surface area (Å²) in [4.78, 5) is 23.9. The predicted molar refractivity (Wildman–Crippen MR) is 107 cm³/mol. The number of nitriles is 1. The van der Waals surface area contributed by atoms with Crippen LogP contribution in [-0.4, -0.2) is 11.8 Å². The van der Waals surface area contributed by atoms with Gasteiger partial charge in [0.2, 0.25) is 11.8 Å². The fraction of sp³-hybridized carbons (Fsp3) is 0.286. The molecule has 0 spiro atoms. The molecule has 2 amide bonds. The quantitative estimate of drug-likeness (QED) is 0.486. The van der Waals surface area contributed by atoms with Gasteiger partial charge in [0, 0.05) is 18.5 Å². The fourth-order valence-corrected chi connectivity index (χ4v) is 2.57. The average Bonchev–Trinajstić information content (AvgIpc) is 2.65. The van der Waals surface area contributed by atoms with Gasteiger partial charge in [0.1, 0.15) is 0 Å². The molecule has 0 unspecified atom stereocenters. The molecule has 0 bridgehead atoms. The van der Waals surface area contributed by atoms with E-state index in [-0.39, 0.29) is 11.8 Å². The first kappa shape index (κ1) is 20.0. The molecule has 140 valence electrons. The Kier molecular flexibility index (Phi) is 7.38. The summed E-state index contributed by atoms with van der Waals surface area (Å²) in [5.74, 6) is -0.149. The molecule has 27 heavy (non-hydrogen) atoms. The number of amides is 2. The molecular weight excluding hydrogens is 340 g/mol. The maximum absolute atomic E-state index is 12.0. The SMILES string of the molecule is Cc1ccc(NC(=O)CCCCCC(=O)Nc2ccc(C#N)cc2N)cc1. The number of rotatable bonds is 8. The van der Waals surface area contributed by atoms with Crippen LogP contribution in [-0.2, 0) is 9.59 Å². The summed E-state index contributed by atoms with van der Waals surface area (Å²) in [6, 6.07) is 14.4. The second kappa shape index (κ2) is 9.97. The molecule has 4 N–H and O–H groups in total. The van der Waals surface area contributed by atoms with E-state index in [1.54, 1.807) is 12.1 Å². The average molecular weight is 364 g/mol. The van der Waals surface area contributed by atoms with Crippen molar-refractivity contribution in [1.82, 2.24) is 0 Å². The first-order chi connectivity index (χ1) is 13.0. The monoisotopic (exact) mass is 364 g/mol. The van der Waals surface area contributed by atoms with E-state index in [0.717, 1.165) is 24.1 Å². The van der Waals surface area contributed by atoms with Crippen LogP contribution in [0.1, 0.15) is 43.2 Å². The summed E-state index contributed by atoms with van der Waals surface area (Å²) in [6.45, 7) is 2.00. The van der Waals surface area contributed by atoms with Gasteiger partial charge in [0.25, 0.3) is 0 Å². The van der Waals surface area contributed by atoms with Crippen LogP contribution in [0, 0.1) is 18.3 Å². The Morgan fingerprint density at radius 1 is 0.963 bits per heavy atom. The lowest BCUT2D eigenvalue weighted by Crippen LogP contribution is -2.13. The number of aryl methyl sites for hydroxylation is 1. The Balaban J connectivity index is 1.63. The van der Waals surface area contributed by atoms with E-state index in [1.807, 2.05) is 37.3 Å². The van der Waals surface area contributed by atoms with Crippen molar-refractivity contribution in [2.45, 2.75) is 39.0 Å². The first-order valence-electron chi connectivity index (χ1n) is 8.94. The zero-order valence-electron chi connectivity index (χ0n) is 15.4. The second-order valence-corrected chi connectivity index (χ2v) is 6.44. The zero-order chi connectivity index (χ0) is 19.6. The molecule has 0 fully saturated rings. The molecule has 0 aromatic heterocycles. The summed E-state index contributed by atoms with van der Waals surface area (Å²) in [5.41, 5.74) is 9.09. The van der Waals surface area contributed by atoms with Crippen LogP contribution in [0.15, 0.2) is 42.5 Å². The molecule has 0 heterocycles. The molecule has 6 heteroatoms. The number of nitrogens with two attached hydrogens (primary N) is 1. The summed E-state index contributed by atoms with van der Waals surface area (Å²) >= 11 is 0. The Bertz CT molecular complexity index is 838. The topological polar surface area (TPSA) is 108 Å². The Morgan fingerprint density at radius 2 is 1.59 bits per heavy atom. The smallest absolute Gasteiger partial charge is 0.224 e. The fourth-order valence-electron chi connectivity index (χ4n) is 2.57. The van der Waals surface area contributed by atoms with E-state index in [1.165, 1.54) is 6.07 Å². The summed E-state index contributed by atoms with van der Waals surface area (Å²) in [6.07, 6.45) is 3.00. The molecule has 0 aliphatic heterocycles. The molecule has 2 aromatic rings. The van der Waals surface area contributed by atoms with Gasteiger partial charge in [-0.15, -0.1) is 0 Å². The molecular formula is C21H24N4O2. The lowest BCUT2D eigenvalue weighted by molar-refractivity contribution is -0.116. The van der Waals surface area contributed by atoms with Gasteiger partial charge in [-0.25, -0.2) is 0 Å². The number of anilines is 3. The van der Waals surface area contributed by atoms with Crippen LogP contribution in [0.4, 0.5) is 17.1 Å². The minimum atomic E-state index is -0.129. The largest absolute Gasteiger partial charge is 0.397 e. The van der Waals surface area contributed by atoms with E-state index in [4.69, 9.17) is 11.0 Å². The van der Waals surface area contributed by atoms with Crippen molar-refractivity contribution in [2.75, 3.05) is 16.4 Å². The van der Waals surface area contributed by atoms with Gasteiger partial charge < -0.3 is 16.4 Å². The molecule has 0 atom stereocenters. The lowest BCUT2D eigenvalue weighted by Gasteiger charge is -2.08. The van der Waals surface area contributed by atoms with Crippen molar-refractivity contribution in [1.29, 1.82) is 5.26 Å². The van der Waals surface area contributed by atoms with Gasteiger partial charge in [-0.05, 0) is 50.1 Å². The minimum absolute atomic E-state index is 0.0198. The molecule has 6 nitrogen and oxygen atoms in total. The van der Waals surface area contributed by atoms with Gasteiger partial charge in [0.05, 0.1) is 23.0 Å². The van der Waals surface area contributed by atoms with Crippen molar-refractivity contribution in [3.8, 4) is 6.07 Å². The van der Waals surface area contributed by atoms with Crippen molar-refractivity contribution in [3.05, 3.63) is 53.6 Å². The summed E-state index contributed by atoms with van der Waals surface area (Å²) in [5, 5.41) is 14.4. The van der Waals surface area contributed by atoms with E-state index in [0.29, 0.717) is 36.2 Å².